The number of rotatable bonds is 8. The number of carbonyl (C=O) groups is 1. The standard InChI is InChI=1S/C16H31N3O3S.HI/c1-4-23(21)14-9-7-8-13(12-14)19-16(17-2)18-11-6-5-10-15(20)22-3;/h13-14H,4-12H2,1-3H3,(H2,17,18,19);1H. The molecule has 0 aromatic heterocycles. The Bertz CT molecular complexity index is 421. The largest absolute Gasteiger partial charge is 0.469 e. The van der Waals surface area contributed by atoms with Gasteiger partial charge >= 0.3 is 5.97 Å². The molecule has 0 aromatic carbocycles. The van der Waals surface area contributed by atoms with Gasteiger partial charge < -0.3 is 15.4 Å². The first-order valence-corrected chi connectivity index (χ1v) is 9.90. The summed E-state index contributed by atoms with van der Waals surface area (Å²) in [5, 5.41) is 7.03. The SMILES string of the molecule is CCS(=O)C1CCCC(NC(=NC)NCCCCC(=O)OC)C1.I. The molecule has 1 aliphatic carbocycles. The molecule has 0 bridgehead atoms. The summed E-state index contributed by atoms with van der Waals surface area (Å²) in [6.07, 6.45) is 6.38. The van der Waals surface area contributed by atoms with Crippen molar-refractivity contribution < 1.29 is 13.7 Å². The molecule has 1 fully saturated rings. The van der Waals surface area contributed by atoms with Crippen molar-refractivity contribution in [3.8, 4) is 0 Å². The second-order valence-corrected chi connectivity index (χ2v) is 7.84. The van der Waals surface area contributed by atoms with E-state index >= 15 is 0 Å². The lowest BCUT2D eigenvalue weighted by atomic mass is 9.95. The molecule has 1 rings (SSSR count). The summed E-state index contributed by atoms with van der Waals surface area (Å²) >= 11 is 0. The Balaban J connectivity index is 0.00000529. The number of guanidine groups is 1. The summed E-state index contributed by atoms with van der Waals surface area (Å²) in [6.45, 7) is 2.76. The van der Waals surface area contributed by atoms with Crippen molar-refractivity contribution in [2.75, 3.05) is 26.5 Å². The number of carbonyl (C=O) groups excluding carboxylic acids is 1. The van der Waals surface area contributed by atoms with Crippen LogP contribution < -0.4 is 10.6 Å². The molecule has 1 saturated carbocycles. The van der Waals surface area contributed by atoms with Crippen molar-refractivity contribution >= 4 is 46.7 Å². The first-order chi connectivity index (χ1) is 11.1. The van der Waals surface area contributed by atoms with E-state index in [1.807, 2.05) is 6.92 Å². The number of nitrogens with zero attached hydrogens (tertiary/aromatic N) is 1. The Kier molecular flexibility index (Phi) is 13.6. The highest BCUT2D eigenvalue weighted by molar-refractivity contribution is 14.0. The van der Waals surface area contributed by atoms with E-state index in [4.69, 9.17) is 0 Å². The van der Waals surface area contributed by atoms with Crippen molar-refractivity contribution in [1.82, 2.24) is 10.6 Å². The zero-order valence-electron chi connectivity index (χ0n) is 15.0. The van der Waals surface area contributed by atoms with E-state index in [1.165, 1.54) is 7.11 Å². The monoisotopic (exact) mass is 473 g/mol. The number of unbranched alkanes of at least 4 members (excludes halogenated alkanes) is 1. The van der Waals surface area contributed by atoms with Gasteiger partial charge in [0.2, 0.25) is 0 Å². The Morgan fingerprint density at radius 3 is 2.71 bits per heavy atom. The predicted octanol–water partition coefficient (Wildman–Crippen LogP) is 2.19. The number of methoxy groups -OCH3 is 1. The Morgan fingerprint density at radius 2 is 2.08 bits per heavy atom. The normalized spacial score (nSPS) is 22.2. The van der Waals surface area contributed by atoms with Gasteiger partial charge in [-0.1, -0.05) is 13.3 Å². The highest BCUT2D eigenvalue weighted by Gasteiger charge is 2.25. The lowest BCUT2D eigenvalue weighted by Crippen LogP contribution is -2.46. The van der Waals surface area contributed by atoms with Crippen molar-refractivity contribution in [3.05, 3.63) is 0 Å². The third kappa shape index (κ3) is 9.19. The molecular formula is C16H32IN3O3S. The Hall–Kier alpha value is -0.380. The van der Waals surface area contributed by atoms with Crippen LogP contribution in [0, 0.1) is 0 Å². The predicted molar refractivity (Wildman–Crippen MR) is 111 cm³/mol. The first-order valence-electron chi connectivity index (χ1n) is 8.51. The summed E-state index contributed by atoms with van der Waals surface area (Å²) in [6, 6.07) is 0.338. The van der Waals surface area contributed by atoms with Gasteiger partial charge in [-0.05, 0) is 32.1 Å². The van der Waals surface area contributed by atoms with Gasteiger partial charge in [0.05, 0.1) is 7.11 Å². The Labute approximate surface area is 165 Å². The van der Waals surface area contributed by atoms with Gasteiger partial charge in [-0.25, -0.2) is 0 Å². The number of halogens is 1. The summed E-state index contributed by atoms with van der Waals surface area (Å²) in [7, 11) is 2.46. The van der Waals surface area contributed by atoms with E-state index in [0.29, 0.717) is 17.7 Å². The molecule has 3 unspecified atom stereocenters. The molecule has 0 saturated heterocycles. The minimum Gasteiger partial charge on any atom is -0.469 e. The molecule has 8 heteroatoms. The van der Waals surface area contributed by atoms with E-state index in [-0.39, 0.29) is 29.9 Å². The average Bonchev–Trinajstić information content (AvgIpc) is 2.59. The molecule has 142 valence electrons. The smallest absolute Gasteiger partial charge is 0.305 e. The quantitative estimate of drug-likeness (QED) is 0.186. The fraction of sp³-hybridized carbons (Fsp3) is 0.875. The third-order valence-electron chi connectivity index (χ3n) is 4.17. The third-order valence-corrected chi connectivity index (χ3v) is 5.92. The number of hydrogen-bond donors (Lipinski definition) is 2. The fourth-order valence-corrected chi connectivity index (χ4v) is 4.19. The van der Waals surface area contributed by atoms with Crippen LogP contribution in [0.3, 0.4) is 0 Å². The Morgan fingerprint density at radius 1 is 1.33 bits per heavy atom. The molecule has 0 spiro atoms. The lowest BCUT2D eigenvalue weighted by molar-refractivity contribution is -0.140. The van der Waals surface area contributed by atoms with Crippen LogP contribution >= 0.6 is 24.0 Å². The summed E-state index contributed by atoms with van der Waals surface area (Å²) in [5.41, 5.74) is 0. The van der Waals surface area contributed by atoms with Gasteiger partial charge in [0.25, 0.3) is 0 Å². The minimum absolute atomic E-state index is 0. The van der Waals surface area contributed by atoms with Crippen LogP contribution in [-0.4, -0.2) is 53.9 Å². The molecule has 3 atom stereocenters. The van der Waals surface area contributed by atoms with Gasteiger partial charge in [0.15, 0.2) is 5.96 Å². The molecule has 2 N–H and O–H groups in total. The number of nitrogens with one attached hydrogen (secondary N) is 2. The highest BCUT2D eigenvalue weighted by Crippen LogP contribution is 2.22. The fourth-order valence-electron chi connectivity index (χ4n) is 2.84. The summed E-state index contributed by atoms with van der Waals surface area (Å²) in [5.74, 6) is 1.37. The van der Waals surface area contributed by atoms with E-state index in [0.717, 1.165) is 56.8 Å². The number of aliphatic imine (C=N–C) groups is 1. The van der Waals surface area contributed by atoms with Crippen LogP contribution in [0.2, 0.25) is 0 Å². The molecule has 0 radical (unpaired) electrons. The molecule has 0 heterocycles. The number of ether oxygens (including phenoxy) is 1. The van der Waals surface area contributed by atoms with Crippen molar-refractivity contribution in [2.24, 2.45) is 4.99 Å². The molecule has 6 nitrogen and oxygen atoms in total. The maximum atomic E-state index is 12.0. The van der Waals surface area contributed by atoms with E-state index in [2.05, 4.69) is 20.4 Å². The maximum Gasteiger partial charge on any atom is 0.305 e. The zero-order valence-corrected chi connectivity index (χ0v) is 18.2. The first kappa shape index (κ1) is 23.6. The van der Waals surface area contributed by atoms with Crippen molar-refractivity contribution in [2.45, 2.75) is 63.2 Å². The van der Waals surface area contributed by atoms with E-state index in [1.54, 1.807) is 7.05 Å². The molecule has 0 aromatic rings. The maximum absolute atomic E-state index is 12.0. The van der Waals surface area contributed by atoms with Crippen LogP contribution in [0.1, 0.15) is 51.9 Å². The van der Waals surface area contributed by atoms with Crippen LogP contribution in [0.5, 0.6) is 0 Å². The van der Waals surface area contributed by atoms with Gasteiger partial charge in [-0.3, -0.25) is 14.0 Å². The topological polar surface area (TPSA) is 79.8 Å². The van der Waals surface area contributed by atoms with E-state index in [9.17, 15) is 9.00 Å². The van der Waals surface area contributed by atoms with E-state index < -0.39 is 10.8 Å². The van der Waals surface area contributed by atoms with Crippen molar-refractivity contribution in [3.63, 3.8) is 0 Å². The molecule has 0 aliphatic heterocycles. The zero-order chi connectivity index (χ0) is 17.1. The van der Waals surface area contributed by atoms with Crippen LogP contribution in [0.25, 0.3) is 0 Å². The summed E-state index contributed by atoms with van der Waals surface area (Å²) < 4.78 is 16.6. The van der Waals surface area contributed by atoms with Gasteiger partial charge in [0.1, 0.15) is 0 Å². The van der Waals surface area contributed by atoms with Gasteiger partial charge in [-0.15, -0.1) is 24.0 Å². The lowest BCUT2D eigenvalue weighted by Gasteiger charge is -2.30. The second kappa shape index (κ2) is 13.9. The van der Waals surface area contributed by atoms with Crippen LogP contribution in [0.4, 0.5) is 0 Å². The number of esters is 1. The molecular weight excluding hydrogens is 441 g/mol. The van der Waals surface area contributed by atoms with Crippen molar-refractivity contribution in [1.29, 1.82) is 0 Å². The summed E-state index contributed by atoms with van der Waals surface area (Å²) in [4.78, 5) is 15.3. The average molecular weight is 473 g/mol. The molecule has 0 amide bonds. The highest BCUT2D eigenvalue weighted by atomic mass is 127. The second-order valence-electron chi connectivity index (χ2n) is 5.83. The number of hydrogen-bond acceptors (Lipinski definition) is 4. The molecule has 1 aliphatic rings. The van der Waals surface area contributed by atoms with Crippen LogP contribution in [0.15, 0.2) is 4.99 Å². The van der Waals surface area contributed by atoms with Gasteiger partial charge in [-0.2, -0.15) is 0 Å². The molecule has 24 heavy (non-hydrogen) atoms. The van der Waals surface area contributed by atoms with Gasteiger partial charge in [0, 0.05) is 47.9 Å². The van der Waals surface area contributed by atoms with Crippen LogP contribution in [-0.2, 0) is 20.3 Å². The minimum atomic E-state index is -0.709.